The highest BCUT2D eigenvalue weighted by Gasteiger charge is 2.14. The second kappa shape index (κ2) is 6.63. The van der Waals surface area contributed by atoms with Gasteiger partial charge in [0.2, 0.25) is 5.88 Å². The fraction of sp³-hybridized carbons (Fsp3) is 0.600. The molecule has 1 heterocycles. The van der Waals surface area contributed by atoms with Crippen LogP contribution in [-0.2, 0) is 0 Å². The van der Waals surface area contributed by atoms with Crippen molar-refractivity contribution in [1.29, 1.82) is 0 Å². The van der Waals surface area contributed by atoms with E-state index in [-0.39, 0.29) is 0 Å². The first-order valence-corrected chi connectivity index (χ1v) is 6.21. The predicted octanol–water partition coefficient (Wildman–Crippen LogP) is 1.66. The van der Waals surface area contributed by atoms with E-state index in [2.05, 4.69) is 16.2 Å². The van der Waals surface area contributed by atoms with Crippen molar-refractivity contribution in [2.45, 2.75) is 18.9 Å². The van der Waals surface area contributed by atoms with E-state index >= 15 is 0 Å². The molecule has 1 rings (SSSR count). The molecular formula is C10H16N2O2S. The average Bonchev–Trinajstić information content (AvgIpc) is 2.29. The van der Waals surface area contributed by atoms with Crippen LogP contribution < -0.4 is 4.74 Å². The summed E-state index contributed by atoms with van der Waals surface area (Å²) in [4.78, 5) is 8.08. The van der Waals surface area contributed by atoms with Gasteiger partial charge in [0.15, 0.2) is 0 Å². The van der Waals surface area contributed by atoms with Gasteiger partial charge in [-0.3, -0.25) is 4.98 Å². The Bertz CT molecular complexity index is 297. The monoisotopic (exact) mass is 228 g/mol. The molecule has 4 nitrogen and oxygen atoms in total. The summed E-state index contributed by atoms with van der Waals surface area (Å²) >= 11 is 1.77. The summed E-state index contributed by atoms with van der Waals surface area (Å²) in [6.45, 7) is 0. The summed E-state index contributed by atoms with van der Waals surface area (Å²) in [6.07, 6.45) is 6.24. The molecule has 0 aliphatic carbocycles. The third-order valence-electron chi connectivity index (χ3n) is 2.03. The van der Waals surface area contributed by atoms with Crippen LogP contribution in [0.4, 0.5) is 0 Å². The number of rotatable bonds is 6. The minimum atomic E-state index is -0.583. The zero-order chi connectivity index (χ0) is 11.1. The molecule has 5 heteroatoms. The van der Waals surface area contributed by atoms with E-state index < -0.39 is 6.10 Å². The number of nitrogens with zero attached hydrogens (tertiary/aromatic N) is 2. The predicted molar refractivity (Wildman–Crippen MR) is 61.2 cm³/mol. The van der Waals surface area contributed by atoms with Gasteiger partial charge in [0.25, 0.3) is 0 Å². The van der Waals surface area contributed by atoms with Crippen LogP contribution in [0.3, 0.4) is 0 Å². The van der Waals surface area contributed by atoms with Crippen LogP contribution in [0.1, 0.15) is 24.6 Å². The van der Waals surface area contributed by atoms with E-state index in [0.29, 0.717) is 18.0 Å². The molecule has 1 aromatic rings. The Morgan fingerprint density at radius 2 is 2.20 bits per heavy atom. The number of ether oxygens (including phenoxy) is 1. The Balaban J connectivity index is 2.59. The molecule has 0 radical (unpaired) electrons. The molecule has 1 aromatic heterocycles. The third kappa shape index (κ3) is 3.68. The van der Waals surface area contributed by atoms with Crippen LogP contribution >= 0.6 is 11.8 Å². The minimum absolute atomic E-state index is 0.411. The van der Waals surface area contributed by atoms with Crippen molar-refractivity contribution in [3.63, 3.8) is 0 Å². The summed E-state index contributed by atoms with van der Waals surface area (Å²) in [5.41, 5.74) is 0.529. The number of aromatic nitrogens is 2. The largest absolute Gasteiger partial charge is 0.480 e. The fourth-order valence-corrected chi connectivity index (χ4v) is 1.73. The number of hydrogen-bond donors (Lipinski definition) is 1. The molecule has 84 valence electrons. The number of hydrogen-bond acceptors (Lipinski definition) is 5. The summed E-state index contributed by atoms with van der Waals surface area (Å²) in [5.74, 6) is 1.45. The summed E-state index contributed by atoms with van der Waals surface area (Å²) < 4.78 is 5.03. The van der Waals surface area contributed by atoms with E-state index in [9.17, 15) is 5.11 Å². The number of aliphatic hydroxyl groups excluding tert-OH is 1. The molecule has 0 amide bonds. The first kappa shape index (κ1) is 12.3. The molecule has 0 saturated carbocycles. The van der Waals surface area contributed by atoms with Crippen molar-refractivity contribution in [3.05, 3.63) is 18.1 Å². The quantitative estimate of drug-likeness (QED) is 0.750. The summed E-state index contributed by atoms with van der Waals surface area (Å²) in [6, 6.07) is 0. The van der Waals surface area contributed by atoms with Crippen LogP contribution in [0.5, 0.6) is 5.88 Å². The van der Waals surface area contributed by atoms with Gasteiger partial charge in [0, 0.05) is 12.4 Å². The van der Waals surface area contributed by atoms with Crippen LogP contribution in [0.25, 0.3) is 0 Å². The number of thioether (sulfide) groups is 1. The maximum Gasteiger partial charge on any atom is 0.238 e. The van der Waals surface area contributed by atoms with Gasteiger partial charge in [-0.05, 0) is 24.9 Å². The molecule has 15 heavy (non-hydrogen) atoms. The number of methoxy groups -OCH3 is 1. The van der Waals surface area contributed by atoms with Gasteiger partial charge in [0.05, 0.1) is 7.11 Å². The SMILES string of the molecule is COc1nccnc1C(O)CCCSC. The van der Waals surface area contributed by atoms with Gasteiger partial charge in [-0.1, -0.05) is 0 Å². The fourth-order valence-electron chi connectivity index (χ4n) is 1.28. The highest BCUT2D eigenvalue weighted by molar-refractivity contribution is 7.98. The molecule has 0 bridgehead atoms. The van der Waals surface area contributed by atoms with Crippen LogP contribution in [-0.4, -0.2) is 34.2 Å². The minimum Gasteiger partial charge on any atom is -0.480 e. The van der Waals surface area contributed by atoms with Crippen molar-refractivity contribution >= 4 is 11.8 Å². The van der Waals surface area contributed by atoms with E-state index in [4.69, 9.17) is 4.74 Å². The smallest absolute Gasteiger partial charge is 0.238 e. The van der Waals surface area contributed by atoms with Crippen LogP contribution in [0, 0.1) is 0 Å². The second-order valence-electron chi connectivity index (χ2n) is 3.10. The van der Waals surface area contributed by atoms with Crippen LogP contribution in [0.2, 0.25) is 0 Å². The molecular weight excluding hydrogens is 212 g/mol. The first-order valence-electron chi connectivity index (χ1n) is 4.81. The maximum absolute atomic E-state index is 9.87. The van der Waals surface area contributed by atoms with Crippen molar-refractivity contribution in [3.8, 4) is 5.88 Å². The van der Waals surface area contributed by atoms with Gasteiger partial charge < -0.3 is 9.84 Å². The van der Waals surface area contributed by atoms with Crippen molar-refractivity contribution in [1.82, 2.24) is 9.97 Å². The van der Waals surface area contributed by atoms with Crippen molar-refractivity contribution in [2.75, 3.05) is 19.1 Å². The standard InChI is InChI=1S/C10H16N2O2S/c1-14-10-9(11-5-6-12-10)8(13)4-3-7-15-2/h5-6,8,13H,3-4,7H2,1-2H3. The lowest BCUT2D eigenvalue weighted by atomic mass is 10.1. The van der Waals surface area contributed by atoms with Gasteiger partial charge in [0.1, 0.15) is 11.8 Å². The Morgan fingerprint density at radius 3 is 2.87 bits per heavy atom. The van der Waals surface area contributed by atoms with Crippen molar-refractivity contribution in [2.24, 2.45) is 0 Å². The van der Waals surface area contributed by atoms with E-state index in [0.717, 1.165) is 12.2 Å². The molecule has 0 saturated heterocycles. The maximum atomic E-state index is 9.87. The molecule has 1 atom stereocenters. The lowest BCUT2D eigenvalue weighted by Gasteiger charge is -2.11. The Labute approximate surface area is 94.1 Å². The molecule has 1 N–H and O–H groups in total. The molecule has 0 aromatic carbocycles. The van der Waals surface area contributed by atoms with Gasteiger partial charge in [-0.15, -0.1) is 0 Å². The first-order chi connectivity index (χ1) is 7.29. The summed E-state index contributed by atoms with van der Waals surface area (Å²) in [7, 11) is 1.53. The highest BCUT2D eigenvalue weighted by Crippen LogP contribution is 2.23. The lowest BCUT2D eigenvalue weighted by Crippen LogP contribution is -2.05. The second-order valence-corrected chi connectivity index (χ2v) is 4.09. The highest BCUT2D eigenvalue weighted by atomic mass is 32.2. The van der Waals surface area contributed by atoms with Crippen molar-refractivity contribution < 1.29 is 9.84 Å². The summed E-state index contributed by atoms with van der Waals surface area (Å²) in [5, 5.41) is 9.87. The van der Waals surface area contributed by atoms with Crippen LogP contribution in [0.15, 0.2) is 12.4 Å². The molecule has 0 spiro atoms. The lowest BCUT2D eigenvalue weighted by molar-refractivity contribution is 0.156. The molecule has 0 aliphatic rings. The Kier molecular flexibility index (Phi) is 5.42. The number of aliphatic hydroxyl groups is 1. The zero-order valence-electron chi connectivity index (χ0n) is 9.01. The Hall–Kier alpha value is -0.810. The average molecular weight is 228 g/mol. The molecule has 1 unspecified atom stereocenters. The van der Waals surface area contributed by atoms with Gasteiger partial charge in [-0.2, -0.15) is 11.8 Å². The topological polar surface area (TPSA) is 55.2 Å². The molecule has 0 aliphatic heterocycles. The van der Waals surface area contributed by atoms with E-state index in [1.165, 1.54) is 7.11 Å². The Morgan fingerprint density at radius 1 is 1.47 bits per heavy atom. The van der Waals surface area contributed by atoms with Gasteiger partial charge in [-0.25, -0.2) is 4.98 Å². The zero-order valence-corrected chi connectivity index (χ0v) is 9.83. The normalized spacial score (nSPS) is 12.5. The third-order valence-corrected chi connectivity index (χ3v) is 2.72. The van der Waals surface area contributed by atoms with E-state index in [1.807, 2.05) is 0 Å². The van der Waals surface area contributed by atoms with E-state index in [1.54, 1.807) is 24.2 Å². The molecule has 0 fully saturated rings. The van der Waals surface area contributed by atoms with Gasteiger partial charge >= 0.3 is 0 Å².